The van der Waals surface area contributed by atoms with Crippen LogP contribution in [0.2, 0.25) is 0 Å². The van der Waals surface area contributed by atoms with Crippen LogP contribution in [-0.2, 0) is 4.79 Å². The smallest absolute Gasteiger partial charge is 0.255 e. The molecule has 0 radical (unpaired) electrons. The number of hydrogen-bond acceptors (Lipinski definition) is 2. The summed E-state index contributed by atoms with van der Waals surface area (Å²) in [7, 11) is 0. The second kappa shape index (κ2) is 4.33. The largest absolute Gasteiger partial charge is 0.477 e. The van der Waals surface area contributed by atoms with Crippen LogP contribution in [0.1, 0.15) is 0 Å². The number of halogens is 5. The van der Waals surface area contributed by atoms with Crippen molar-refractivity contribution in [3.8, 4) is 5.75 Å². The molecule has 0 heterocycles. The Kier molecular flexibility index (Phi) is 3.31. The first kappa shape index (κ1) is 12.2. The van der Waals surface area contributed by atoms with Crippen LogP contribution in [0.15, 0.2) is 0 Å². The van der Waals surface area contributed by atoms with E-state index < -0.39 is 47.3 Å². The first-order valence-electron chi connectivity index (χ1n) is 3.78. The molecule has 2 N–H and O–H groups in total. The lowest BCUT2D eigenvalue weighted by Gasteiger charge is -2.08. The van der Waals surface area contributed by atoms with Crippen LogP contribution in [0.4, 0.5) is 22.0 Å². The maximum atomic E-state index is 12.9. The predicted molar refractivity (Wildman–Crippen MR) is 40.9 cm³/mol. The zero-order valence-electron chi connectivity index (χ0n) is 7.49. The van der Waals surface area contributed by atoms with E-state index in [2.05, 4.69) is 10.5 Å². The van der Waals surface area contributed by atoms with E-state index in [4.69, 9.17) is 0 Å². The van der Waals surface area contributed by atoms with E-state index in [1.165, 1.54) is 0 Å². The summed E-state index contributed by atoms with van der Waals surface area (Å²) in [6.07, 6.45) is 0. The van der Waals surface area contributed by atoms with E-state index in [1.807, 2.05) is 0 Å². The summed E-state index contributed by atoms with van der Waals surface area (Å²) in [5.41, 5.74) is 4.58. The molecule has 16 heavy (non-hydrogen) atoms. The standard InChI is InChI=1S/C8H4F5NO2/c9-3-4(10)6(12)8(7(13)5(3)11)16-1-2(14)15/h1H2,(H2,14,15). The number of ether oxygens (including phenoxy) is 1. The van der Waals surface area contributed by atoms with Gasteiger partial charge in [0.05, 0.1) is 0 Å². The maximum absolute atomic E-state index is 12.9. The average molecular weight is 241 g/mol. The maximum Gasteiger partial charge on any atom is 0.255 e. The number of nitrogens with two attached hydrogens (primary N) is 1. The van der Waals surface area contributed by atoms with Crippen molar-refractivity contribution in [2.24, 2.45) is 5.73 Å². The van der Waals surface area contributed by atoms with Crippen molar-refractivity contribution >= 4 is 5.91 Å². The SMILES string of the molecule is NC(=O)COc1c(F)c(F)c(F)c(F)c1F. The Morgan fingerprint density at radius 2 is 1.31 bits per heavy atom. The number of benzene rings is 1. The molecule has 0 fully saturated rings. The first-order chi connectivity index (χ1) is 7.36. The molecule has 0 spiro atoms. The summed E-state index contributed by atoms with van der Waals surface area (Å²) >= 11 is 0. The van der Waals surface area contributed by atoms with Crippen molar-refractivity contribution in [2.45, 2.75) is 0 Å². The Bertz CT molecular complexity index is 420. The molecule has 0 bridgehead atoms. The molecule has 0 aliphatic rings. The fourth-order valence-electron chi connectivity index (χ4n) is 0.855. The molecule has 0 saturated carbocycles. The van der Waals surface area contributed by atoms with E-state index in [1.54, 1.807) is 0 Å². The third kappa shape index (κ3) is 2.05. The summed E-state index contributed by atoms with van der Waals surface area (Å²) in [6.45, 7) is -1.00. The lowest BCUT2D eigenvalue weighted by atomic mass is 10.2. The molecule has 0 aliphatic heterocycles. The van der Waals surface area contributed by atoms with Gasteiger partial charge in [-0.3, -0.25) is 4.79 Å². The Morgan fingerprint density at radius 1 is 0.938 bits per heavy atom. The summed E-state index contributed by atoms with van der Waals surface area (Å²) in [5, 5.41) is 0. The van der Waals surface area contributed by atoms with Gasteiger partial charge in [-0.25, -0.2) is 13.2 Å². The third-order valence-corrected chi connectivity index (χ3v) is 1.53. The van der Waals surface area contributed by atoms with Crippen molar-refractivity contribution in [3.05, 3.63) is 29.1 Å². The molecule has 8 heteroatoms. The van der Waals surface area contributed by atoms with Crippen molar-refractivity contribution in [1.29, 1.82) is 0 Å². The number of carbonyl (C=O) groups excluding carboxylic acids is 1. The minimum Gasteiger partial charge on any atom is -0.477 e. The average Bonchev–Trinajstić information content (AvgIpc) is 2.23. The van der Waals surface area contributed by atoms with Crippen LogP contribution in [-0.4, -0.2) is 12.5 Å². The monoisotopic (exact) mass is 241 g/mol. The zero-order chi connectivity index (χ0) is 12.5. The van der Waals surface area contributed by atoms with E-state index in [0.29, 0.717) is 0 Å². The Balaban J connectivity index is 3.23. The molecule has 3 nitrogen and oxygen atoms in total. The molecule has 0 aromatic heterocycles. The molecule has 0 atom stereocenters. The quantitative estimate of drug-likeness (QED) is 0.492. The molecular formula is C8H4F5NO2. The second-order valence-electron chi connectivity index (χ2n) is 2.65. The number of hydrogen-bond donors (Lipinski definition) is 1. The fraction of sp³-hybridized carbons (Fsp3) is 0.125. The highest BCUT2D eigenvalue weighted by atomic mass is 19.2. The van der Waals surface area contributed by atoms with Crippen molar-refractivity contribution in [3.63, 3.8) is 0 Å². The molecule has 88 valence electrons. The van der Waals surface area contributed by atoms with Crippen LogP contribution in [0, 0.1) is 29.1 Å². The van der Waals surface area contributed by atoms with Crippen LogP contribution >= 0.6 is 0 Å². The van der Waals surface area contributed by atoms with E-state index in [9.17, 15) is 26.7 Å². The van der Waals surface area contributed by atoms with Crippen LogP contribution in [0.5, 0.6) is 5.75 Å². The summed E-state index contributed by atoms with van der Waals surface area (Å²) in [5.74, 6) is -13.6. The van der Waals surface area contributed by atoms with Crippen LogP contribution in [0.25, 0.3) is 0 Å². The Morgan fingerprint density at radius 3 is 1.69 bits per heavy atom. The van der Waals surface area contributed by atoms with Gasteiger partial charge in [0.25, 0.3) is 5.91 Å². The summed E-state index contributed by atoms with van der Waals surface area (Å²) in [4.78, 5) is 10.2. The van der Waals surface area contributed by atoms with Gasteiger partial charge in [-0.1, -0.05) is 0 Å². The summed E-state index contributed by atoms with van der Waals surface area (Å²) < 4.78 is 67.4. The summed E-state index contributed by atoms with van der Waals surface area (Å²) in [6, 6.07) is 0. The van der Waals surface area contributed by atoms with E-state index >= 15 is 0 Å². The second-order valence-corrected chi connectivity index (χ2v) is 2.65. The molecule has 1 amide bonds. The van der Waals surface area contributed by atoms with Gasteiger partial charge >= 0.3 is 0 Å². The minimum absolute atomic E-state index is 1.00. The van der Waals surface area contributed by atoms with Gasteiger partial charge in [-0.05, 0) is 0 Å². The Hall–Kier alpha value is -1.86. The van der Waals surface area contributed by atoms with E-state index in [0.717, 1.165) is 0 Å². The van der Waals surface area contributed by atoms with Crippen molar-refractivity contribution in [1.82, 2.24) is 0 Å². The lowest BCUT2D eigenvalue weighted by Crippen LogP contribution is -2.21. The van der Waals surface area contributed by atoms with Gasteiger partial charge in [0.15, 0.2) is 12.4 Å². The number of carbonyl (C=O) groups is 1. The van der Waals surface area contributed by atoms with E-state index in [-0.39, 0.29) is 0 Å². The number of primary amides is 1. The van der Waals surface area contributed by atoms with Gasteiger partial charge in [0.2, 0.25) is 29.1 Å². The minimum atomic E-state index is -2.30. The fourth-order valence-corrected chi connectivity index (χ4v) is 0.855. The van der Waals surface area contributed by atoms with Crippen molar-refractivity contribution < 1.29 is 31.5 Å². The van der Waals surface area contributed by atoms with Crippen LogP contribution < -0.4 is 10.5 Å². The lowest BCUT2D eigenvalue weighted by molar-refractivity contribution is -0.120. The molecule has 0 unspecified atom stereocenters. The van der Waals surface area contributed by atoms with Gasteiger partial charge in [-0.2, -0.15) is 8.78 Å². The molecule has 1 aromatic rings. The first-order valence-corrected chi connectivity index (χ1v) is 3.78. The predicted octanol–water partition coefficient (Wildman–Crippen LogP) is 1.25. The normalized spacial score (nSPS) is 10.3. The highest BCUT2D eigenvalue weighted by molar-refractivity contribution is 5.75. The molecule has 0 aliphatic carbocycles. The zero-order valence-corrected chi connectivity index (χ0v) is 7.49. The van der Waals surface area contributed by atoms with Crippen molar-refractivity contribution in [2.75, 3.05) is 6.61 Å². The molecule has 1 aromatic carbocycles. The number of amides is 1. The van der Waals surface area contributed by atoms with Gasteiger partial charge in [-0.15, -0.1) is 0 Å². The number of rotatable bonds is 3. The molecular weight excluding hydrogens is 237 g/mol. The highest BCUT2D eigenvalue weighted by Gasteiger charge is 2.27. The van der Waals surface area contributed by atoms with Gasteiger partial charge < -0.3 is 10.5 Å². The van der Waals surface area contributed by atoms with Gasteiger partial charge in [0.1, 0.15) is 0 Å². The topological polar surface area (TPSA) is 52.3 Å². The third-order valence-electron chi connectivity index (χ3n) is 1.53. The molecule has 1 rings (SSSR count). The highest BCUT2D eigenvalue weighted by Crippen LogP contribution is 2.28. The van der Waals surface area contributed by atoms with Gasteiger partial charge in [0, 0.05) is 0 Å². The molecule has 0 saturated heterocycles. The van der Waals surface area contributed by atoms with Crippen LogP contribution in [0.3, 0.4) is 0 Å². The Labute approximate surface area is 85.6 Å².